The van der Waals surface area contributed by atoms with E-state index in [1.807, 2.05) is 5.43 Å². The summed E-state index contributed by atoms with van der Waals surface area (Å²) in [5, 5.41) is 0. The maximum absolute atomic E-state index is 11.7. The van der Waals surface area contributed by atoms with Gasteiger partial charge in [0.25, 0.3) is 5.91 Å². The Morgan fingerprint density at radius 1 is 1.31 bits per heavy atom. The number of rotatable bonds is 4. The number of benzene rings is 1. The monoisotopic (exact) mass is 243 g/mol. The molecule has 0 unspecified atom stereocenters. The van der Waals surface area contributed by atoms with Gasteiger partial charge in [-0.25, -0.2) is 14.3 Å². The molecule has 0 aliphatic rings. The zero-order chi connectivity index (χ0) is 12.2. The van der Waals surface area contributed by atoms with Gasteiger partial charge in [-0.3, -0.25) is 10.2 Å². The molecule has 0 saturated heterocycles. The first-order valence-electron chi connectivity index (χ1n) is 4.55. The molecule has 6 nitrogen and oxygen atoms in total. The normalized spacial score (nSPS) is 13.1. The highest BCUT2D eigenvalue weighted by atomic mass is 32.2. The molecule has 0 aliphatic heterocycles. The van der Waals surface area contributed by atoms with Gasteiger partial charge in [0.15, 0.2) is 0 Å². The molecule has 7 heteroatoms. The van der Waals surface area contributed by atoms with Crippen LogP contribution in [0.4, 0.5) is 0 Å². The summed E-state index contributed by atoms with van der Waals surface area (Å²) in [5.41, 5.74) is 1.87. The zero-order valence-corrected chi connectivity index (χ0v) is 9.49. The van der Waals surface area contributed by atoms with Crippen molar-refractivity contribution in [3.05, 3.63) is 30.3 Å². The summed E-state index contributed by atoms with van der Waals surface area (Å²) in [5.74, 6) is 4.30. The van der Waals surface area contributed by atoms with Crippen LogP contribution in [0.5, 0.6) is 0 Å². The summed E-state index contributed by atoms with van der Waals surface area (Å²) >= 11 is 0. The maximum atomic E-state index is 11.7. The third-order valence-electron chi connectivity index (χ3n) is 1.92. The van der Waals surface area contributed by atoms with Crippen molar-refractivity contribution in [3.8, 4) is 0 Å². The Bertz CT molecular complexity index is 458. The van der Waals surface area contributed by atoms with Gasteiger partial charge in [0, 0.05) is 0 Å². The van der Waals surface area contributed by atoms with Crippen LogP contribution in [0.2, 0.25) is 0 Å². The smallest absolute Gasteiger partial charge is 0.251 e. The van der Waals surface area contributed by atoms with Crippen LogP contribution >= 0.6 is 0 Å². The Hall–Kier alpha value is -1.44. The predicted molar refractivity (Wildman–Crippen MR) is 58.6 cm³/mol. The maximum Gasteiger partial charge on any atom is 0.251 e. The van der Waals surface area contributed by atoms with E-state index in [4.69, 9.17) is 5.84 Å². The minimum Gasteiger partial charge on any atom is -0.293 e. The first-order chi connectivity index (χ1) is 7.47. The van der Waals surface area contributed by atoms with E-state index < -0.39 is 22.0 Å². The molecular formula is C9H13N3O3S. The lowest BCUT2D eigenvalue weighted by Gasteiger charge is -2.12. The Morgan fingerprint density at radius 3 is 2.38 bits per heavy atom. The number of carbonyl (C=O) groups is 1. The largest absolute Gasteiger partial charge is 0.293 e. The second-order valence-electron chi connectivity index (χ2n) is 3.16. The molecule has 0 bridgehead atoms. The van der Waals surface area contributed by atoms with E-state index >= 15 is 0 Å². The molecule has 1 atom stereocenters. The van der Waals surface area contributed by atoms with Crippen LogP contribution in [-0.2, 0) is 14.8 Å². The number of hydrogen-bond acceptors (Lipinski definition) is 4. The number of amides is 1. The molecule has 0 radical (unpaired) electrons. The number of nitrogens with two attached hydrogens (primary N) is 1. The van der Waals surface area contributed by atoms with Gasteiger partial charge in [-0.15, -0.1) is 0 Å². The molecule has 1 aromatic rings. The summed E-state index contributed by atoms with van der Waals surface area (Å²) in [7, 11) is -3.68. The van der Waals surface area contributed by atoms with Crippen LogP contribution in [0.1, 0.15) is 6.92 Å². The van der Waals surface area contributed by atoms with E-state index in [-0.39, 0.29) is 4.90 Å². The van der Waals surface area contributed by atoms with Crippen molar-refractivity contribution in [2.45, 2.75) is 17.9 Å². The van der Waals surface area contributed by atoms with E-state index in [9.17, 15) is 13.2 Å². The average molecular weight is 243 g/mol. The van der Waals surface area contributed by atoms with E-state index in [1.54, 1.807) is 18.2 Å². The molecule has 0 aliphatic carbocycles. The van der Waals surface area contributed by atoms with Crippen LogP contribution in [0.3, 0.4) is 0 Å². The van der Waals surface area contributed by atoms with Gasteiger partial charge in [0.05, 0.1) is 10.9 Å². The summed E-state index contributed by atoms with van der Waals surface area (Å²) < 4.78 is 25.7. The predicted octanol–water partition coefficient (Wildman–Crippen LogP) is -0.657. The molecule has 88 valence electrons. The molecule has 16 heavy (non-hydrogen) atoms. The Morgan fingerprint density at radius 2 is 1.88 bits per heavy atom. The Labute approximate surface area is 93.9 Å². The van der Waals surface area contributed by atoms with Gasteiger partial charge in [0.2, 0.25) is 10.0 Å². The Kier molecular flexibility index (Phi) is 3.99. The molecule has 4 N–H and O–H groups in total. The molecule has 0 saturated carbocycles. The van der Waals surface area contributed by atoms with Crippen molar-refractivity contribution in [3.63, 3.8) is 0 Å². The van der Waals surface area contributed by atoms with Crippen molar-refractivity contribution in [1.82, 2.24) is 10.1 Å². The number of nitrogens with one attached hydrogen (secondary N) is 2. The lowest BCUT2D eigenvalue weighted by atomic mass is 10.3. The van der Waals surface area contributed by atoms with Gasteiger partial charge < -0.3 is 0 Å². The first-order valence-corrected chi connectivity index (χ1v) is 6.03. The highest BCUT2D eigenvalue weighted by molar-refractivity contribution is 7.89. The van der Waals surface area contributed by atoms with Crippen LogP contribution in [0.25, 0.3) is 0 Å². The van der Waals surface area contributed by atoms with Gasteiger partial charge >= 0.3 is 0 Å². The van der Waals surface area contributed by atoms with Crippen LogP contribution in [-0.4, -0.2) is 20.4 Å². The fourth-order valence-corrected chi connectivity index (χ4v) is 2.30. The Balaban J connectivity index is 2.85. The summed E-state index contributed by atoms with van der Waals surface area (Å²) in [6, 6.07) is 6.86. The lowest BCUT2D eigenvalue weighted by Crippen LogP contribution is -2.47. The van der Waals surface area contributed by atoms with Crippen LogP contribution < -0.4 is 16.0 Å². The summed E-state index contributed by atoms with van der Waals surface area (Å²) in [6.45, 7) is 1.41. The van der Waals surface area contributed by atoms with Gasteiger partial charge in [-0.2, -0.15) is 4.72 Å². The lowest BCUT2D eigenvalue weighted by molar-refractivity contribution is -0.122. The van der Waals surface area contributed by atoms with Crippen LogP contribution in [0, 0.1) is 0 Å². The minimum absolute atomic E-state index is 0.103. The van der Waals surface area contributed by atoms with Gasteiger partial charge in [0.1, 0.15) is 0 Å². The first kappa shape index (κ1) is 12.6. The number of sulfonamides is 1. The van der Waals surface area contributed by atoms with E-state index in [0.717, 1.165) is 0 Å². The van der Waals surface area contributed by atoms with E-state index in [1.165, 1.54) is 19.1 Å². The van der Waals surface area contributed by atoms with E-state index in [2.05, 4.69) is 4.72 Å². The average Bonchev–Trinajstić information content (AvgIpc) is 2.28. The highest BCUT2D eigenvalue weighted by Crippen LogP contribution is 2.07. The molecule has 0 heterocycles. The molecular weight excluding hydrogens is 230 g/mol. The topological polar surface area (TPSA) is 101 Å². The number of carbonyl (C=O) groups excluding carboxylic acids is 1. The van der Waals surface area contributed by atoms with Crippen molar-refractivity contribution in [2.75, 3.05) is 0 Å². The van der Waals surface area contributed by atoms with E-state index in [0.29, 0.717) is 0 Å². The molecule has 1 rings (SSSR count). The number of hydrazine groups is 1. The zero-order valence-electron chi connectivity index (χ0n) is 8.67. The molecule has 1 amide bonds. The fraction of sp³-hybridized carbons (Fsp3) is 0.222. The molecule has 0 spiro atoms. The summed E-state index contributed by atoms with van der Waals surface area (Å²) in [6.07, 6.45) is 0. The second kappa shape index (κ2) is 5.06. The van der Waals surface area contributed by atoms with Gasteiger partial charge in [-0.1, -0.05) is 18.2 Å². The fourth-order valence-electron chi connectivity index (χ4n) is 1.08. The van der Waals surface area contributed by atoms with Crippen molar-refractivity contribution in [2.24, 2.45) is 5.84 Å². The molecule has 0 fully saturated rings. The summed E-state index contributed by atoms with van der Waals surface area (Å²) in [4.78, 5) is 11.2. The highest BCUT2D eigenvalue weighted by Gasteiger charge is 2.20. The second-order valence-corrected chi connectivity index (χ2v) is 4.88. The number of hydrogen-bond donors (Lipinski definition) is 3. The molecule has 0 aromatic heterocycles. The van der Waals surface area contributed by atoms with Crippen molar-refractivity contribution < 1.29 is 13.2 Å². The standard InChI is InChI=1S/C9H13N3O3S/c1-7(9(13)11-10)12-16(14,15)8-5-3-2-4-6-8/h2-7,12H,10H2,1H3,(H,11,13)/t7-/m1/s1. The molecule has 1 aromatic carbocycles. The van der Waals surface area contributed by atoms with Crippen molar-refractivity contribution >= 4 is 15.9 Å². The van der Waals surface area contributed by atoms with Crippen LogP contribution in [0.15, 0.2) is 35.2 Å². The van der Waals surface area contributed by atoms with Gasteiger partial charge in [-0.05, 0) is 19.1 Å². The van der Waals surface area contributed by atoms with Crippen molar-refractivity contribution in [1.29, 1.82) is 0 Å². The SMILES string of the molecule is C[C@@H](NS(=O)(=O)c1ccccc1)C(=O)NN. The minimum atomic E-state index is -3.68. The third-order valence-corrected chi connectivity index (χ3v) is 3.48. The quantitative estimate of drug-likeness (QED) is 0.371. The third kappa shape index (κ3) is 3.02.